The van der Waals surface area contributed by atoms with Gasteiger partial charge in [0, 0.05) is 19.2 Å². The normalized spacial score (nSPS) is 16.6. The summed E-state index contributed by atoms with van der Waals surface area (Å²) in [4.78, 5) is 30.2. The lowest BCUT2D eigenvalue weighted by atomic mass is 10.1. The lowest BCUT2D eigenvalue weighted by Crippen LogP contribution is -2.39. The predicted molar refractivity (Wildman–Crippen MR) is 113 cm³/mol. The molecule has 28 heavy (non-hydrogen) atoms. The molecule has 0 radical (unpaired) electrons. The number of carbonyl (C=O) groups excluding carboxylic acids is 1. The first-order chi connectivity index (χ1) is 13.6. The number of thioether (sulfide) groups is 1. The molecular weight excluding hydrogens is 374 g/mol. The Kier molecular flexibility index (Phi) is 7.50. The Morgan fingerprint density at radius 3 is 2.71 bits per heavy atom. The standard InChI is InChI=1S/C21H29N3O3S/c1-15(19(26)22-16-9-4-2-3-5-10-16)28-21-23-18-12-7-6-11-17(18)20(27)24(21)13-8-14-25/h6-7,11-12,15-16,25H,2-5,8-10,13-14H2,1H3,(H,22,26)/t15-/m1/s1. The smallest absolute Gasteiger partial charge is 0.262 e. The highest BCUT2D eigenvalue weighted by Crippen LogP contribution is 2.24. The number of carbonyl (C=O) groups is 1. The minimum atomic E-state index is -0.350. The number of hydrogen-bond donors (Lipinski definition) is 2. The molecule has 3 rings (SSSR count). The molecule has 1 saturated carbocycles. The second-order valence-corrected chi connectivity index (χ2v) is 8.71. The maximum absolute atomic E-state index is 12.9. The van der Waals surface area contributed by atoms with Crippen LogP contribution >= 0.6 is 11.8 Å². The molecule has 1 aromatic carbocycles. The molecule has 1 aromatic heterocycles. The van der Waals surface area contributed by atoms with E-state index in [0.717, 1.165) is 12.8 Å². The van der Waals surface area contributed by atoms with E-state index in [1.807, 2.05) is 25.1 Å². The van der Waals surface area contributed by atoms with Crippen molar-refractivity contribution < 1.29 is 9.90 Å². The van der Waals surface area contributed by atoms with Crippen molar-refractivity contribution in [2.45, 2.75) is 74.9 Å². The SMILES string of the molecule is C[C@@H](Sc1nc2ccccc2c(=O)n1CCCO)C(=O)NC1CCCCCC1. The van der Waals surface area contributed by atoms with Crippen LogP contribution < -0.4 is 10.9 Å². The molecule has 2 aromatic rings. The van der Waals surface area contributed by atoms with Gasteiger partial charge in [0.05, 0.1) is 16.2 Å². The van der Waals surface area contributed by atoms with Crippen LogP contribution in [0.25, 0.3) is 10.9 Å². The third-order valence-corrected chi connectivity index (χ3v) is 6.31. The van der Waals surface area contributed by atoms with E-state index in [2.05, 4.69) is 10.3 Å². The van der Waals surface area contributed by atoms with E-state index >= 15 is 0 Å². The monoisotopic (exact) mass is 403 g/mol. The number of benzene rings is 1. The molecule has 1 aliphatic rings. The van der Waals surface area contributed by atoms with Crippen LogP contribution in [0.2, 0.25) is 0 Å². The molecule has 0 aliphatic heterocycles. The summed E-state index contributed by atoms with van der Waals surface area (Å²) in [5.41, 5.74) is 0.504. The lowest BCUT2D eigenvalue weighted by Gasteiger charge is -2.20. The fourth-order valence-electron chi connectivity index (χ4n) is 3.62. The van der Waals surface area contributed by atoms with Gasteiger partial charge in [0.25, 0.3) is 5.56 Å². The molecule has 6 nitrogen and oxygen atoms in total. The van der Waals surface area contributed by atoms with Gasteiger partial charge in [-0.05, 0) is 38.3 Å². The van der Waals surface area contributed by atoms with Gasteiger partial charge in [0.1, 0.15) is 0 Å². The van der Waals surface area contributed by atoms with Gasteiger partial charge in [-0.1, -0.05) is 49.6 Å². The number of aliphatic hydroxyl groups is 1. The zero-order chi connectivity index (χ0) is 19.9. The third kappa shape index (κ3) is 5.14. The zero-order valence-electron chi connectivity index (χ0n) is 16.4. The largest absolute Gasteiger partial charge is 0.396 e. The van der Waals surface area contributed by atoms with Crippen molar-refractivity contribution in [2.24, 2.45) is 0 Å². The number of nitrogens with zero attached hydrogens (tertiary/aromatic N) is 2. The van der Waals surface area contributed by atoms with Crippen molar-refractivity contribution in [1.82, 2.24) is 14.9 Å². The van der Waals surface area contributed by atoms with Gasteiger partial charge in [0.2, 0.25) is 5.91 Å². The molecule has 0 bridgehead atoms. The Morgan fingerprint density at radius 1 is 1.29 bits per heavy atom. The highest BCUT2D eigenvalue weighted by molar-refractivity contribution is 8.00. The number of amides is 1. The Balaban J connectivity index is 1.79. The van der Waals surface area contributed by atoms with Crippen LogP contribution in [0.4, 0.5) is 0 Å². The van der Waals surface area contributed by atoms with E-state index in [0.29, 0.717) is 29.0 Å². The minimum absolute atomic E-state index is 0.00108. The Bertz CT molecular complexity index is 860. The topological polar surface area (TPSA) is 84.2 Å². The lowest BCUT2D eigenvalue weighted by molar-refractivity contribution is -0.121. The second kappa shape index (κ2) is 10.1. The number of aliphatic hydroxyl groups excluding tert-OH is 1. The van der Waals surface area contributed by atoms with Crippen LogP contribution in [0.15, 0.2) is 34.2 Å². The molecule has 2 N–H and O–H groups in total. The van der Waals surface area contributed by atoms with Gasteiger partial charge in [0.15, 0.2) is 5.16 Å². The van der Waals surface area contributed by atoms with E-state index in [9.17, 15) is 14.7 Å². The van der Waals surface area contributed by atoms with E-state index < -0.39 is 0 Å². The van der Waals surface area contributed by atoms with Crippen molar-refractivity contribution in [3.63, 3.8) is 0 Å². The van der Waals surface area contributed by atoms with Crippen LogP contribution in [0.5, 0.6) is 0 Å². The second-order valence-electron chi connectivity index (χ2n) is 7.40. The highest BCUT2D eigenvalue weighted by atomic mass is 32.2. The van der Waals surface area contributed by atoms with Crippen LogP contribution in [-0.2, 0) is 11.3 Å². The number of aromatic nitrogens is 2. The van der Waals surface area contributed by atoms with E-state index in [1.165, 1.54) is 37.4 Å². The van der Waals surface area contributed by atoms with Crippen molar-refractivity contribution in [2.75, 3.05) is 6.61 Å². The van der Waals surface area contributed by atoms with Gasteiger partial charge in [-0.25, -0.2) is 4.98 Å². The van der Waals surface area contributed by atoms with E-state index in [4.69, 9.17) is 0 Å². The molecule has 7 heteroatoms. The van der Waals surface area contributed by atoms with Gasteiger partial charge in [-0.15, -0.1) is 0 Å². The summed E-state index contributed by atoms with van der Waals surface area (Å²) in [6.45, 7) is 2.24. The van der Waals surface area contributed by atoms with Gasteiger partial charge in [-0.3, -0.25) is 14.2 Å². The Labute approximate surface area is 169 Å². The average Bonchev–Trinajstić information content (AvgIpc) is 2.96. The Hall–Kier alpha value is -1.86. The van der Waals surface area contributed by atoms with Gasteiger partial charge < -0.3 is 10.4 Å². The number of para-hydroxylation sites is 1. The number of rotatable bonds is 7. The molecule has 152 valence electrons. The number of nitrogens with one attached hydrogen (secondary N) is 1. The molecule has 1 amide bonds. The highest BCUT2D eigenvalue weighted by Gasteiger charge is 2.22. The van der Waals surface area contributed by atoms with Crippen molar-refractivity contribution in [1.29, 1.82) is 0 Å². The summed E-state index contributed by atoms with van der Waals surface area (Å²) in [6, 6.07) is 7.49. The van der Waals surface area contributed by atoms with E-state index in [1.54, 1.807) is 10.6 Å². The number of hydrogen-bond acceptors (Lipinski definition) is 5. The summed E-state index contributed by atoms with van der Waals surface area (Å²) >= 11 is 1.31. The molecule has 1 atom stereocenters. The summed E-state index contributed by atoms with van der Waals surface area (Å²) in [6.07, 6.45) is 7.37. The first kappa shape index (κ1) is 20.9. The van der Waals surface area contributed by atoms with Crippen LogP contribution in [-0.4, -0.2) is 38.5 Å². The van der Waals surface area contributed by atoms with Gasteiger partial charge in [-0.2, -0.15) is 0 Å². The minimum Gasteiger partial charge on any atom is -0.396 e. The fraction of sp³-hybridized carbons (Fsp3) is 0.571. The maximum Gasteiger partial charge on any atom is 0.262 e. The predicted octanol–water partition coefficient (Wildman–Crippen LogP) is 3.10. The summed E-state index contributed by atoms with van der Waals surface area (Å²) in [5.74, 6) is -0.00647. The molecule has 0 unspecified atom stereocenters. The molecule has 0 spiro atoms. The quantitative estimate of drug-likeness (QED) is 0.422. The molecule has 0 saturated heterocycles. The van der Waals surface area contributed by atoms with Crippen molar-refractivity contribution in [3.8, 4) is 0 Å². The number of fused-ring (bicyclic) bond motifs is 1. The first-order valence-corrected chi connectivity index (χ1v) is 11.1. The third-order valence-electron chi connectivity index (χ3n) is 5.22. The van der Waals surface area contributed by atoms with Crippen LogP contribution in [0.1, 0.15) is 51.9 Å². The Morgan fingerprint density at radius 2 is 2.00 bits per heavy atom. The molecule has 1 heterocycles. The first-order valence-electron chi connectivity index (χ1n) is 10.2. The van der Waals surface area contributed by atoms with E-state index in [-0.39, 0.29) is 29.4 Å². The summed E-state index contributed by atoms with van der Waals surface area (Å²) < 4.78 is 1.58. The molecular formula is C21H29N3O3S. The zero-order valence-corrected chi connectivity index (χ0v) is 17.2. The molecule has 1 fully saturated rings. The molecule has 1 aliphatic carbocycles. The maximum atomic E-state index is 12.9. The summed E-state index contributed by atoms with van der Waals surface area (Å²) in [5, 5.41) is 13.1. The van der Waals surface area contributed by atoms with Crippen molar-refractivity contribution in [3.05, 3.63) is 34.6 Å². The summed E-state index contributed by atoms with van der Waals surface area (Å²) in [7, 11) is 0. The van der Waals surface area contributed by atoms with Crippen molar-refractivity contribution >= 4 is 28.6 Å². The average molecular weight is 404 g/mol. The van der Waals surface area contributed by atoms with Crippen LogP contribution in [0.3, 0.4) is 0 Å². The van der Waals surface area contributed by atoms with Gasteiger partial charge >= 0.3 is 0 Å². The fourth-order valence-corrected chi connectivity index (χ4v) is 4.56. The van der Waals surface area contributed by atoms with Crippen LogP contribution in [0, 0.1) is 0 Å².